The van der Waals surface area contributed by atoms with Gasteiger partial charge in [-0.25, -0.2) is 13.2 Å². The summed E-state index contributed by atoms with van der Waals surface area (Å²) in [6, 6.07) is 9.35. The van der Waals surface area contributed by atoms with Crippen LogP contribution in [0.15, 0.2) is 48.7 Å². The molecule has 3 rings (SSSR count). The Morgan fingerprint density at radius 3 is 2.43 bits per heavy atom. The molecule has 0 fully saturated rings. The van der Waals surface area contributed by atoms with Crippen LogP contribution in [0, 0.1) is 17.5 Å². The summed E-state index contributed by atoms with van der Waals surface area (Å²) in [4.78, 5) is 4.08. The number of nitrogens with one attached hydrogen (secondary N) is 2. The molecule has 1 heterocycles. The average molecular weight is 317 g/mol. The van der Waals surface area contributed by atoms with Crippen LogP contribution in [0.4, 0.5) is 36.3 Å². The number of hydrogen-bond acceptors (Lipinski definition) is 5. The fraction of sp³-hybridized carbons (Fsp3) is 0. The van der Waals surface area contributed by atoms with Crippen molar-refractivity contribution in [3.8, 4) is 0 Å². The van der Waals surface area contributed by atoms with E-state index in [1.807, 2.05) is 0 Å². The molecule has 8 heteroatoms. The fourth-order valence-electron chi connectivity index (χ4n) is 1.82. The molecule has 0 radical (unpaired) electrons. The van der Waals surface area contributed by atoms with Gasteiger partial charge in [-0.05, 0) is 24.3 Å². The van der Waals surface area contributed by atoms with Crippen molar-refractivity contribution in [3.05, 3.63) is 66.1 Å². The highest BCUT2D eigenvalue weighted by molar-refractivity contribution is 5.58. The van der Waals surface area contributed by atoms with Crippen LogP contribution >= 0.6 is 0 Å². The van der Waals surface area contributed by atoms with Gasteiger partial charge in [0.1, 0.15) is 5.82 Å². The maximum absolute atomic E-state index is 13.6. The van der Waals surface area contributed by atoms with Crippen molar-refractivity contribution in [3.63, 3.8) is 0 Å². The van der Waals surface area contributed by atoms with Gasteiger partial charge in [-0.3, -0.25) is 0 Å². The molecule has 0 spiro atoms. The molecular weight excluding hydrogens is 307 g/mol. The summed E-state index contributed by atoms with van der Waals surface area (Å²) in [5.74, 6) is -2.10. The highest BCUT2D eigenvalue weighted by Crippen LogP contribution is 2.20. The number of aromatic nitrogens is 3. The van der Waals surface area contributed by atoms with E-state index in [1.165, 1.54) is 18.3 Å². The predicted octanol–water partition coefficient (Wildman–Crippen LogP) is 3.78. The first-order valence-corrected chi connectivity index (χ1v) is 6.55. The zero-order chi connectivity index (χ0) is 16.2. The van der Waals surface area contributed by atoms with Crippen molar-refractivity contribution < 1.29 is 13.2 Å². The molecule has 3 aromatic rings. The van der Waals surface area contributed by atoms with E-state index in [0.717, 1.165) is 12.1 Å². The van der Waals surface area contributed by atoms with E-state index in [1.54, 1.807) is 18.2 Å². The highest BCUT2D eigenvalue weighted by Gasteiger charge is 2.07. The number of rotatable bonds is 4. The van der Waals surface area contributed by atoms with Gasteiger partial charge in [0.05, 0.1) is 11.9 Å². The van der Waals surface area contributed by atoms with E-state index in [-0.39, 0.29) is 23.1 Å². The second kappa shape index (κ2) is 6.30. The second-order valence-corrected chi connectivity index (χ2v) is 4.52. The lowest BCUT2D eigenvalue weighted by Gasteiger charge is -2.08. The molecule has 5 nitrogen and oxygen atoms in total. The fourth-order valence-corrected chi connectivity index (χ4v) is 1.82. The third kappa shape index (κ3) is 3.54. The second-order valence-electron chi connectivity index (χ2n) is 4.52. The van der Waals surface area contributed by atoms with Crippen LogP contribution in [0.2, 0.25) is 0 Å². The van der Waals surface area contributed by atoms with Gasteiger partial charge in [0.2, 0.25) is 5.95 Å². The first-order valence-electron chi connectivity index (χ1n) is 6.55. The molecule has 0 aliphatic rings. The highest BCUT2D eigenvalue weighted by atomic mass is 19.2. The first-order chi connectivity index (χ1) is 11.1. The Hall–Kier alpha value is -3.16. The van der Waals surface area contributed by atoms with Crippen LogP contribution in [-0.2, 0) is 0 Å². The van der Waals surface area contributed by atoms with Crippen molar-refractivity contribution in [2.24, 2.45) is 0 Å². The minimum Gasteiger partial charge on any atom is -0.336 e. The number of anilines is 4. The van der Waals surface area contributed by atoms with Gasteiger partial charge < -0.3 is 10.6 Å². The van der Waals surface area contributed by atoms with Crippen LogP contribution in [0.5, 0.6) is 0 Å². The van der Waals surface area contributed by atoms with Gasteiger partial charge in [0.15, 0.2) is 17.5 Å². The monoisotopic (exact) mass is 317 g/mol. The summed E-state index contributed by atoms with van der Waals surface area (Å²) >= 11 is 0. The third-order valence-electron chi connectivity index (χ3n) is 2.87. The minimum atomic E-state index is -0.997. The Kier molecular flexibility index (Phi) is 4.05. The molecule has 0 unspecified atom stereocenters. The molecule has 23 heavy (non-hydrogen) atoms. The standard InChI is InChI=1S/C15H10F3N5/c16-10-6-5-9(7-12(10)18)20-15-22-14(8-19-23-15)21-13-4-2-1-3-11(13)17/h1-8H,(H2,20,21,22,23). The largest absolute Gasteiger partial charge is 0.336 e. The molecular formula is C15H10F3N5. The van der Waals surface area contributed by atoms with E-state index in [2.05, 4.69) is 25.8 Å². The molecule has 0 saturated carbocycles. The van der Waals surface area contributed by atoms with Crippen molar-refractivity contribution in [1.82, 2.24) is 15.2 Å². The van der Waals surface area contributed by atoms with E-state index in [0.29, 0.717) is 0 Å². The van der Waals surface area contributed by atoms with E-state index in [4.69, 9.17) is 0 Å². The van der Waals surface area contributed by atoms with Gasteiger partial charge in [0.25, 0.3) is 0 Å². The number of hydrogen-bond donors (Lipinski definition) is 2. The Morgan fingerprint density at radius 1 is 0.826 bits per heavy atom. The SMILES string of the molecule is Fc1ccc(Nc2nncc(Nc3ccccc3F)n2)cc1F. The number of para-hydroxylation sites is 1. The predicted molar refractivity (Wildman–Crippen MR) is 79.2 cm³/mol. The molecule has 0 atom stereocenters. The van der Waals surface area contributed by atoms with Crippen LogP contribution in [0.3, 0.4) is 0 Å². The van der Waals surface area contributed by atoms with Crippen LogP contribution in [-0.4, -0.2) is 15.2 Å². The van der Waals surface area contributed by atoms with Crippen LogP contribution < -0.4 is 10.6 Å². The number of nitrogens with zero attached hydrogens (tertiary/aromatic N) is 3. The third-order valence-corrected chi connectivity index (χ3v) is 2.87. The smallest absolute Gasteiger partial charge is 0.249 e. The lowest BCUT2D eigenvalue weighted by Crippen LogP contribution is -2.03. The van der Waals surface area contributed by atoms with Crippen molar-refractivity contribution in [1.29, 1.82) is 0 Å². The summed E-state index contributed by atoms with van der Waals surface area (Å²) in [6.45, 7) is 0. The molecule has 0 amide bonds. The first kappa shape index (κ1) is 14.8. The maximum Gasteiger partial charge on any atom is 0.249 e. The van der Waals surface area contributed by atoms with Crippen LogP contribution in [0.1, 0.15) is 0 Å². The molecule has 2 N–H and O–H groups in total. The molecule has 116 valence electrons. The van der Waals surface area contributed by atoms with E-state index < -0.39 is 17.5 Å². The van der Waals surface area contributed by atoms with Gasteiger partial charge in [-0.15, -0.1) is 5.10 Å². The Bertz CT molecular complexity index is 841. The van der Waals surface area contributed by atoms with Crippen molar-refractivity contribution >= 4 is 23.1 Å². The van der Waals surface area contributed by atoms with E-state index >= 15 is 0 Å². The maximum atomic E-state index is 13.6. The Morgan fingerprint density at radius 2 is 1.65 bits per heavy atom. The number of benzene rings is 2. The van der Waals surface area contributed by atoms with Gasteiger partial charge >= 0.3 is 0 Å². The molecule has 0 aliphatic heterocycles. The molecule has 0 bridgehead atoms. The molecule has 2 aromatic carbocycles. The van der Waals surface area contributed by atoms with Crippen LogP contribution in [0.25, 0.3) is 0 Å². The summed E-state index contributed by atoms with van der Waals surface area (Å²) in [7, 11) is 0. The zero-order valence-electron chi connectivity index (χ0n) is 11.6. The number of halogens is 3. The van der Waals surface area contributed by atoms with Crippen molar-refractivity contribution in [2.45, 2.75) is 0 Å². The zero-order valence-corrected chi connectivity index (χ0v) is 11.6. The van der Waals surface area contributed by atoms with E-state index in [9.17, 15) is 13.2 Å². The quantitative estimate of drug-likeness (QED) is 0.767. The lowest BCUT2D eigenvalue weighted by molar-refractivity contribution is 0.509. The van der Waals surface area contributed by atoms with Gasteiger partial charge in [0, 0.05) is 11.8 Å². The molecule has 0 saturated heterocycles. The normalized spacial score (nSPS) is 10.4. The topological polar surface area (TPSA) is 62.7 Å². The summed E-state index contributed by atoms with van der Waals surface area (Å²) in [5.41, 5.74) is 0.487. The van der Waals surface area contributed by atoms with Crippen molar-refractivity contribution in [2.75, 3.05) is 10.6 Å². The Labute approximate surface area is 129 Å². The van der Waals surface area contributed by atoms with Gasteiger partial charge in [-0.1, -0.05) is 12.1 Å². The minimum absolute atomic E-state index is 0.0531. The summed E-state index contributed by atoms with van der Waals surface area (Å²) < 4.78 is 39.6. The van der Waals surface area contributed by atoms with Gasteiger partial charge in [-0.2, -0.15) is 10.1 Å². The lowest BCUT2D eigenvalue weighted by atomic mass is 10.3. The summed E-state index contributed by atoms with van der Waals surface area (Å²) in [5, 5.41) is 12.9. The molecule has 0 aliphatic carbocycles. The Balaban J connectivity index is 1.79. The summed E-state index contributed by atoms with van der Waals surface area (Å²) in [6.07, 6.45) is 1.31. The average Bonchev–Trinajstić information content (AvgIpc) is 2.54. The molecule has 1 aromatic heterocycles.